The van der Waals surface area contributed by atoms with Gasteiger partial charge in [-0.15, -0.1) is 0 Å². The summed E-state index contributed by atoms with van der Waals surface area (Å²) in [6, 6.07) is 2.96. The number of methoxy groups -OCH3 is 1. The number of aliphatic hydroxyl groups excluding tert-OH is 1. The molecule has 0 saturated heterocycles. The highest BCUT2D eigenvalue weighted by molar-refractivity contribution is 5.87. The highest BCUT2D eigenvalue weighted by Crippen LogP contribution is 2.30. The van der Waals surface area contributed by atoms with Gasteiger partial charge in [-0.3, -0.25) is 5.32 Å². The number of ether oxygens (including phenoxy) is 2. The molecule has 5 nitrogen and oxygen atoms in total. The molecule has 0 aliphatic heterocycles. The van der Waals surface area contributed by atoms with Crippen molar-refractivity contribution in [2.24, 2.45) is 0 Å². The molecule has 0 heterocycles. The van der Waals surface area contributed by atoms with Gasteiger partial charge < -0.3 is 14.6 Å². The van der Waals surface area contributed by atoms with Crippen molar-refractivity contribution < 1.29 is 23.8 Å². The summed E-state index contributed by atoms with van der Waals surface area (Å²) in [4.78, 5) is 11.8. The lowest BCUT2D eigenvalue weighted by molar-refractivity contribution is 0.0635. The summed E-state index contributed by atoms with van der Waals surface area (Å²) in [5.74, 6) is 4.69. The predicted molar refractivity (Wildman–Crippen MR) is 86.0 cm³/mol. The van der Waals surface area contributed by atoms with E-state index in [2.05, 4.69) is 17.2 Å². The first-order valence-electron chi connectivity index (χ1n) is 7.24. The molecule has 0 bridgehead atoms. The van der Waals surface area contributed by atoms with E-state index in [4.69, 9.17) is 14.6 Å². The highest BCUT2D eigenvalue weighted by atomic mass is 19.1. The molecule has 126 valence electrons. The number of halogens is 1. The van der Waals surface area contributed by atoms with Crippen molar-refractivity contribution in [3.8, 4) is 17.6 Å². The first-order chi connectivity index (χ1) is 10.8. The highest BCUT2D eigenvalue weighted by Gasteiger charge is 2.19. The number of benzene rings is 1. The van der Waals surface area contributed by atoms with Crippen LogP contribution >= 0.6 is 0 Å². The van der Waals surface area contributed by atoms with E-state index in [0.29, 0.717) is 12.8 Å². The minimum atomic E-state index is -0.697. The van der Waals surface area contributed by atoms with Gasteiger partial charge >= 0.3 is 6.09 Å². The summed E-state index contributed by atoms with van der Waals surface area (Å²) in [6.07, 6.45) is 0.303. The molecule has 0 aromatic heterocycles. The van der Waals surface area contributed by atoms with Crippen molar-refractivity contribution in [3.05, 3.63) is 23.5 Å². The van der Waals surface area contributed by atoms with Gasteiger partial charge in [0, 0.05) is 13.0 Å². The van der Waals surface area contributed by atoms with Crippen molar-refractivity contribution in [3.63, 3.8) is 0 Å². The van der Waals surface area contributed by atoms with Gasteiger partial charge in [-0.25, -0.2) is 9.18 Å². The van der Waals surface area contributed by atoms with Crippen LogP contribution in [0.15, 0.2) is 12.1 Å². The molecular weight excluding hydrogens is 301 g/mol. The van der Waals surface area contributed by atoms with Gasteiger partial charge in [-0.1, -0.05) is 11.8 Å². The Hall–Kier alpha value is -2.26. The largest absolute Gasteiger partial charge is 0.492 e. The number of amides is 1. The van der Waals surface area contributed by atoms with Crippen LogP contribution in [0.5, 0.6) is 5.75 Å². The zero-order chi connectivity index (χ0) is 17.5. The fraction of sp³-hybridized carbons (Fsp3) is 0.471. The monoisotopic (exact) mass is 323 g/mol. The normalized spacial score (nSPS) is 10.5. The Morgan fingerprint density at radius 1 is 1.39 bits per heavy atom. The molecule has 2 N–H and O–H groups in total. The van der Waals surface area contributed by atoms with Crippen molar-refractivity contribution in [1.29, 1.82) is 0 Å². The van der Waals surface area contributed by atoms with Crippen LogP contribution in [0.3, 0.4) is 0 Å². The summed E-state index contributed by atoms with van der Waals surface area (Å²) in [5.41, 5.74) is -0.330. The molecule has 1 aromatic rings. The summed E-state index contributed by atoms with van der Waals surface area (Å²) >= 11 is 0. The third kappa shape index (κ3) is 6.17. The SMILES string of the molecule is COc1c(NC(=O)OC(C)(C)C)ccc(C#CCCCO)c1F. The Kier molecular flexibility index (Phi) is 6.86. The zero-order valence-electron chi connectivity index (χ0n) is 13.8. The van der Waals surface area contributed by atoms with Crippen LogP contribution in [-0.2, 0) is 4.74 Å². The number of unbranched alkanes of at least 4 members (excludes halogenated alkanes) is 1. The molecule has 6 heteroatoms. The minimum absolute atomic E-state index is 0.0409. The Labute approximate surface area is 135 Å². The Morgan fingerprint density at radius 2 is 2.09 bits per heavy atom. The second kappa shape index (κ2) is 8.39. The molecule has 0 aliphatic rings. The van der Waals surface area contributed by atoms with E-state index in [9.17, 15) is 9.18 Å². The average molecular weight is 323 g/mol. The van der Waals surface area contributed by atoms with Crippen molar-refractivity contribution in [2.45, 2.75) is 39.2 Å². The van der Waals surface area contributed by atoms with Crippen LogP contribution < -0.4 is 10.1 Å². The lowest BCUT2D eigenvalue weighted by atomic mass is 10.1. The van der Waals surface area contributed by atoms with Crippen molar-refractivity contribution >= 4 is 11.8 Å². The van der Waals surface area contributed by atoms with Gasteiger partial charge in [0.25, 0.3) is 0 Å². The van der Waals surface area contributed by atoms with E-state index in [1.54, 1.807) is 20.8 Å². The third-order valence-electron chi connectivity index (χ3n) is 2.62. The maximum Gasteiger partial charge on any atom is 0.412 e. The summed E-state index contributed by atoms with van der Waals surface area (Å²) in [7, 11) is 1.31. The lowest BCUT2D eigenvalue weighted by Crippen LogP contribution is -2.27. The quantitative estimate of drug-likeness (QED) is 0.659. The second-order valence-electron chi connectivity index (χ2n) is 5.76. The second-order valence-corrected chi connectivity index (χ2v) is 5.76. The molecule has 23 heavy (non-hydrogen) atoms. The number of rotatable bonds is 4. The molecule has 1 amide bonds. The van der Waals surface area contributed by atoms with Gasteiger partial charge in [0.15, 0.2) is 11.6 Å². The number of anilines is 1. The Bertz CT molecular complexity index is 611. The van der Waals surface area contributed by atoms with E-state index >= 15 is 0 Å². The molecule has 0 spiro atoms. The fourth-order valence-corrected chi connectivity index (χ4v) is 1.69. The maximum absolute atomic E-state index is 14.4. The number of aliphatic hydroxyl groups is 1. The molecule has 1 aromatic carbocycles. The van der Waals surface area contributed by atoms with E-state index in [-0.39, 0.29) is 23.6 Å². The van der Waals surface area contributed by atoms with Crippen LogP contribution in [0.25, 0.3) is 0 Å². The summed E-state index contributed by atoms with van der Waals surface area (Å²) < 4.78 is 24.5. The van der Waals surface area contributed by atoms with E-state index in [1.165, 1.54) is 19.2 Å². The van der Waals surface area contributed by atoms with Crippen molar-refractivity contribution in [1.82, 2.24) is 0 Å². The maximum atomic E-state index is 14.4. The molecular formula is C17H22FNO4. The van der Waals surface area contributed by atoms with Gasteiger partial charge in [-0.05, 0) is 39.3 Å². The van der Waals surface area contributed by atoms with Crippen LogP contribution in [0, 0.1) is 17.7 Å². The first-order valence-corrected chi connectivity index (χ1v) is 7.24. The molecule has 0 radical (unpaired) electrons. The number of carbonyl (C=O) groups excluding carboxylic acids is 1. The van der Waals surface area contributed by atoms with Crippen LogP contribution in [0.1, 0.15) is 39.2 Å². The predicted octanol–water partition coefficient (Wildman–Crippen LogP) is 3.31. The molecule has 0 saturated carbocycles. The summed E-state index contributed by atoms with van der Waals surface area (Å²) in [5, 5.41) is 11.1. The number of nitrogens with one attached hydrogen (secondary N) is 1. The van der Waals surface area contributed by atoms with Gasteiger partial charge in [-0.2, -0.15) is 0 Å². The number of hydrogen-bond acceptors (Lipinski definition) is 4. The third-order valence-corrected chi connectivity index (χ3v) is 2.62. The van der Waals surface area contributed by atoms with Crippen molar-refractivity contribution in [2.75, 3.05) is 19.0 Å². The smallest absolute Gasteiger partial charge is 0.412 e. The molecule has 0 unspecified atom stereocenters. The Balaban J connectivity index is 2.96. The van der Waals surface area contributed by atoms with Crippen LogP contribution in [0.2, 0.25) is 0 Å². The molecule has 0 fully saturated rings. The Morgan fingerprint density at radius 3 is 2.65 bits per heavy atom. The van der Waals surface area contributed by atoms with Crippen LogP contribution in [-0.4, -0.2) is 30.5 Å². The van der Waals surface area contributed by atoms with Gasteiger partial charge in [0.05, 0.1) is 18.4 Å². The van der Waals surface area contributed by atoms with Gasteiger partial charge in [0.1, 0.15) is 5.60 Å². The average Bonchev–Trinajstić information content (AvgIpc) is 2.44. The van der Waals surface area contributed by atoms with E-state index in [0.717, 1.165) is 0 Å². The van der Waals surface area contributed by atoms with Crippen LogP contribution in [0.4, 0.5) is 14.9 Å². The summed E-state index contributed by atoms with van der Waals surface area (Å²) in [6.45, 7) is 5.24. The van der Waals surface area contributed by atoms with Gasteiger partial charge in [0.2, 0.25) is 0 Å². The fourth-order valence-electron chi connectivity index (χ4n) is 1.69. The van der Waals surface area contributed by atoms with E-state index < -0.39 is 17.5 Å². The van der Waals surface area contributed by atoms with E-state index in [1.807, 2.05) is 0 Å². The number of hydrogen-bond donors (Lipinski definition) is 2. The minimum Gasteiger partial charge on any atom is -0.492 e. The number of carbonyl (C=O) groups is 1. The lowest BCUT2D eigenvalue weighted by Gasteiger charge is -2.20. The topological polar surface area (TPSA) is 67.8 Å². The molecule has 1 rings (SSSR count). The standard InChI is InChI=1S/C17H22FNO4/c1-17(2,3)23-16(21)19-13-10-9-12(8-6-5-7-11-20)14(18)15(13)22-4/h9-10,20H,5,7,11H2,1-4H3,(H,19,21). The molecule has 0 aliphatic carbocycles. The first kappa shape index (κ1) is 18.8. The molecule has 0 atom stereocenters. The zero-order valence-corrected chi connectivity index (χ0v) is 13.8.